The summed E-state index contributed by atoms with van der Waals surface area (Å²) in [5.74, 6) is -0.0464. The summed E-state index contributed by atoms with van der Waals surface area (Å²) in [6, 6.07) is 1.49. The van der Waals surface area contributed by atoms with Crippen LogP contribution in [0.25, 0.3) is 0 Å². The average Bonchev–Trinajstić information content (AvgIpc) is 3.06. The molecule has 3 rings (SSSR count). The molecule has 1 unspecified atom stereocenters. The number of carbonyl (C=O) groups excluding carboxylic acids is 2. The van der Waals surface area contributed by atoms with E-state index in [1.807, 2.05) is 0 Å². The fraction of sp³-hybridized carbons (Fsp3) is 0.667. The Balaban J connectivity index is 1.76. The van der Waals surface area contributed by atoms with Crippen LogP contribution < -0.4 is 10.6 Å². The number of hydrogen-bond donors (Lipinski definition) is 3. The summed E-state index contributed by atoms with van der Waals surface area (Å²) in [5, 5.41) is 19.6. The predicted molar refractivity (Wildman–Crippen MR) is 79.5 cm³/mol. The Bertz CT molecular complexity index is 604. The lowest BCUT2D eigenvalue weighted by Crippen LogP contribution is -2.38. The monoisotopic (exact) mass is 306 g/mol. The summed E-state index contributed by atoms with van der Waals surface area (Å²) in [6.45, 7) is 4.67. The second kappa shape index (κ2) is 5.39. The first-order chi connectivity index (χ1) is 10.4. The molecule has 1 aliphatic carbocycles. The minimum absolute atomic E-state index is 0.103. The van der Waals surface area contributed by atoms with Gasteiger partial charge in [0.2, 0.25) is 0 Å². The molecule has 0 saturated heterocycles. The second-order valence-electron chi connectivity index (χ2n) is 6.79. The fourth-order valence-electron chi connectivity index (χ4n) is 3.03. The third-order valence-electron chi connectivity index (χ3n) is 4.16. The third-order valence-corrected chi connectivity index (χ3v) is 4.16. The van der Waals surface area contributed by atoms with Gasteiger partial charge in [-0.05, 0) is 25.2 Å². The van der Waals surface area contributed by atoms with Gasteiger partial charge in [0.25, 0.3) is 11.8 Å². The van der Waals surface area contributed by atoms with Crippen molar-refractivity contribution in [2.75, 3.05) is 6.54 Å². The van der Waals surface area contributed by atoms with Gasteiger partial charge in [-0.25, -0.2) is 0 Å². The van der Waals surface area contributed by atoms with E-state index in [0.717, 1.165) is 19.3 Å². The van der Waals surface area contributed by atoms with Crippen molar-refractivity contribution in [2.24, 2.45) is 5.92 Å². The Morgan fingerprint density at radius 1 is 1.59 bits per heavy atom. The number of nitrogens with zero attached hydrogens (tertiary/aromatic N) is 2. The number of amides is 2. The lowest BCUT2D eigenvalue weighted by molar-refractivity contribution is 0.0918. The molecular weight excluding hydrogens is 284 g/mol. The van der Waals surface area contributed by atoms with Gasteiger partial charge in [0.05, 0.1) is 12.6 Å². The molecule has 0 spiro atoms. The van der Waals surface area contributed by atoms with Crippen LogP contribution in [-0.4, -0.2) is 44.9 Å². The van der Waals surface area contributed by atoms with Crippen molar-refractivity contribution in [3.8, 4) is 0 Å². The second-order valence-corrected chi connectivity index (χ2v) is 6.79. The van der Waals surface area contributed by atoms with Gasteiger partial charge in [0, 0.05) is 18.2 Å². The van der Waals surface area contributed by atoms with Crippen molar-refractivity contribution in [3.05, 3.63) is 17.5 Å². The van der Waals surface area contributed by atoms with Gasteiger partial charge >= 0.3 is 0 Å². The molecule has 2 aliphatic rings. The van der Waals surface area contributed by atoms with Gasteiger partial charge in [0.15, 0.2) is 5.69 Å². The number of rotatable bonds is 4. The van der Waals surface area contributed by atoms with Crippen LogP contribution in [0.15, 0.2) is 6.07 Å². The lowest BCUT2D eigenvalue weighted by atomic mass is 10.0. The summed E-state index contributed by atoms with van der Waals surface area (Å²) in [5.41, 5.74) is 0.443. The van der Waals surface area contributed by atoms with E-state index >= 15 is 0 Å². The molecule has 1 aromatic rings. The first-order valence-corrected chi connectivity index (χ1v) is 7.75. The van der Waals surface area contributed by atoms with Crippen LogP contribution in [0.1, 0.15) is 54.1 Å². The molecule has 1 atom stereocenters. The molecule has 1 saturated carbocycles. The molecular formula is C15H22N4O3. The maximum Gasteiger partial charge on any atom is 0.272 e. The number of carbonyl (C=O) groups is 2. The van der Waals surface area contributed by atoms with Crippen LogP contribution in [-0.2, 0) is 6.54 Å². The van der Waals surface area contributed by atoms with Crippen LogP contribution in [0.5, 0.6) is 0 Å². The highest BCUT2D eigenvalue weighted by molar-refractivity contribution is 5.98. The maximum absolute atomic E-state index is 12.4. The zero-order valence-electron chi connectivity index (χ0n) is 12.9. The summed E-state index contributed by atoms with van der Waals surface area (Å²) < 4.78 is 1.41. The molecule has 22 heavy (non-hydrogen) atoms. The fourth-order valence-corrected chi connectivity index (χ4v) is 3.03. The van der Waals surface area contributed by atoms with E-state index < -0.39 is 6.10 Å². The van der Waals surface area contributed by atoms with Crippen LogP contribution in [0.3, 0.4) is 0 Å². The van der Waals surface area contributed by atoms with E-state index in [2.05, 4.69) is 29.6 Å². The molecule has 2 amide bonds. The number of β-amino-alcohol motifs (C(OH)–C–C–N with tert-alkyl or cyclic N) is 1. The van der Waals surface area contributed by atoms with E-state index in [-0.39, 0.29) is 36.1 Å². The van der Waals surface area contributed by atoms with E-state index in [9.17, 15) is 14.7 Å². The van der Waals surface area contributed by atoms with Crippen molar-refractivity contribution in [1.82, 2.24) is 20.4 Å². The Labute approximate surface area is 129 Å². The summed E-state index contributed by atoms with van der Waals surface area (Å²) >= 11 is 0. The van der Waals surface area contributed by atoms with E-state index in [1.54, 1.807) is 0 Å². The standard InChI is InChI=1S/C15H22N4O3/c1-9(2)6-15(3-4-15)17-13(21)11-5-12-14(22)16-7-10(20)8-19(12)18-11/h5,9-10,20H,3-4,6-8H2,1-2H3,(H,16,22)(H,17,21). The van der Waals surface area contributed by atoms with Gasteiger partial charge in [-0.2, -0.15) is 5.10 Å². The zero-order valence-corrected chi connectivity index (χ0v) is 12.9. The van der Waals surface area contributed by atoms with Crippen LogP contribution in [0, 0.1) is 5.92 Å². The Morgan fingerprint density at radius 3 is 2.95 bits per heavy atom. The van der Waals surface area contributed by atoms with Gasteiger partial charge in [-0.15, -0.1) is 0 Å². The molecule has 0 aromatic carbocycles. The average molecular weight is 306 g/mol. The van der Waals surface area contributed by atoms with E-state index in [1.165, 1.54) is 10.7 Å². The Kier molecular flexibility index (Phi) is 3.68. The molecule has 2 heterocycles. The number of aliphatic hydroxyl groups is 1. The molecule has 7 heteroatoms. The van der Waals surface area contributed by atoms with Crippen molar-refractivity contribution >= 4 is 11.8 Å². The number of fused-ring (bicyclic) bond motifs is 1. The molecule has 0 bridgehead atoms. The lowest BCUT2D eigenvalue weighted by Gasteiger charge is -2.18. The van der Waals surface area contributed by atoms with Crippen molar-refractivity contribution < 1.29 is 14.7 Å². The first kappa shape index (κ1) is 15.0. The minimum Gasteiger partial charge on any atom is -0.389 e. The van der Waals surface area contributed by atoms with Crippen LogP contribution >= 0.6 is 0 Å². The maximum atomic E-state index is 12.4. The predicted octanol–water partition coefficient (Wildman–Crippen LogP) is 0.296. The summed E-state index contributed by atoms with van der Waals surface area (Å²) in [6.07, 6.45) is 2.23. The summed E-state index contributed by atoms with van der Waals surface area (Å²) in [4.78, 5) is 24.3. The normalized spacial score (nSPS) is 22.7. The van der Waals surface area contributed by atoms with E-state index in [4.69, 9.17) is 0 Å². The van der Waals surface area contributed by atoms with Crippen LogP contribution in [0.2, 0.25) is 0 Å². The molecule has 7 nitrogen and oxygen atoms in total. The number of aromatic nitrogens is 2. The van der Waals surface area contributed by atoms with Crippen molar-refractivity contribution in [3.63, 3.8) is 0 Å². The Morgan fingerprint density at radius 2 is 2.32 bits per heavy atom. The molecule has 1 aromatic heterocycles. The highest BCUT2D eigenvalue weighted by Crippen LogP contribution is 2.41. The van der Waals surface area contributed by atoms with Gasteiger partial charge in [0.1, 0.15) is 5.69 Å². The molecule has 3 N–H and O–H groups in total. The van der Waals surface area contributed by atoms with Crippen molar-refractivity contribution in [2.45, 2.75) is 51.3 Å². The van der Waals surface area contributed by atoms with Crippen molar-refractivity contribution in [1.29, 1.82) is 0 Å². The quantitative estimate of drug-likeness (QED) is 0.745. The molecule has 1 aliphatic heterocycles. The highest BCUT2D eigenvalue weighted by atomic mass is 16.3. The number of hydrogen-bond acceptors (Lipinski definition) is 4. The molecule has 0 radical (unpaired) electrons. The number of nitrogens with one attached hydrogen (secondary N) is 2. The van der Waals surface area contributed by atoms with Gasteiger partial charge < -0.3 is 15.7 Å². The van der Waals surface area contributed by atoms with Gasteiger partial charge in [-0.3, -0.25) is 14.3 Å². The molecule has 1 fully saturated rings. The first-order valence-electron chi connectivity index (χ1n) is 7.75. The Hall–Kier alpha value is -1.89. The minimum atomic E-state index is -0.697. The number of aliphatic hydroxyl groups excluding tert-OH is 1. The van der Waals surface area contributed by atoms with Crippen LogP contribution in [0.4, 0.5) is 0 Å². The topological polar surface area (TPSA) is 96.2 Å². The smallest absolute Gasteiger partial charge is 0.272 e. The SMILES string of the molecule is CC(C)CC1(NC(=O)c2cc3n(n2)CC(O)CNC3=O)CC1. The largest absolute Gasteiger partial charge is 0.389 e. The third kappa shape index (κ3) is 2.99. The van der Waals surface area contributed by atoms with Gasteiger partial charge in [-0.1, -0.05) is 13.8 Å². The zero-order chi connectivity index (χ0) is 15.9. The molecule has 120 valence electrons. The highest BCUT2D eigenvalue weighted by Gasteiger charge is 2.44. The van der Waals surface area contributed by atoms with E-state index in [0.29, 0.717) is 11.6 Å². The summed E-state index contributed by atoms with van der Waals surface area (Å²) in [7, 11) is 0.